The first-order chi connectivity index (χ1) is 9.70. The number of rotatable bonds is 5. The lowest BCUT2D eigenvalue weighted by atomic mass is 10.1. The highest BCUT2D eigenvalue weighted by molar-refractivity contribution is 5.36. The zero-order valence-corrected chi connectivity index (χ0v) is 11.2. The Kier molecular flexibility index (Phi) is 3.84. The molecule has 0 aromatic heterocycles. The summed E-state index contributed by atoms with van der Waals surface area (Å²) in [5, 5.41) is 10.6. The molecule has 0 bridgehead atoms. The number of piperidine rings is 1. The van der Waals surface area contributed by atoms with Gasteiger partial charge in [0.05, 0.1) is 17.6 Å². The van der Waals surface area contributed by atoms with Crippen LogP contribution in [0.15, 0.2) is 24.3 Å². The molecule has 1 unspecified atom stereocenters. The summed E-state index contributed by atoms with van der Waals surface area (Å²) in [6.45, 7) is 3.98. The molecule has 6 heteroatoms. The van der Waals surface area contributed by atoms with Crippen LogP contribution in [0.1, 0.15) is 12.8 Å². The molecule has 2 saturated heterocycles. The number of benzene rings is 1. The predicted molar refractivity (Wildman–Crippen MR) is 72.9 cm³/mol. The molecule has 0 N–H and O–H groups in total. The molecule has 0 spiro atoms. The fraction of sp³-hybridized carbons (Fsp3) is 0.571. The summed E-state index contributed by atoms with van der Waals surface area (Å²) in [6.07, 6.45) is 2.63. The molecule has 0 aliphatic carbocycles. The van der Waals surface area contributed by atoms with Crippen molar-refractivity contribution < 1.29 is 14.4 Å². The van der Waals surface area contributed by atoms with Crippen molar-refractivity contribution in [3.05, 3.63) is 34.4 Å². The van der Waals surface area contributed by atoms with E-state index in [1.807, 2.05) is 0 Å². The molecule has 1 aromatic rings. The summed E-state index contributed by atoms with van der Waals surface area (Å²) in [5.74, 6) is 0.708. The van der Waals surface area contributed by atoms with E-state index >= 15 is 0 Å². The standard InChI is InChI=1S/C14H18N2O4/c17-16(18)11-1-3-12(4-2-11)20-13-5-7-15(8-6-13)9-14-10-19-14/h1-4,13-14H,5-10H2. The maximum absolute atomic E-state index is 10.6. The van der Waals surface area contributed by atoms with Crippen molar-refractivity contribution in [1.82, 2.24) is 4.90 Å². The molecule has 20 heavy (non-hydrogen) atoms. The quantitative estimate of drug-likeness (QED) is 0.467. The smallest absolute Gasteiger partial charge is 0.269 e. The Hall–Kier alpha value is -1.66. The summed E-state index contributed by atoms with van der Waals surface area (Å²) < 4.78 is 11.1. The van der Waals surface area contributed by atoms with Gasteiger partial charge in [-0.15, -0.1) is 0 Å². The minimum Gasteiger partial charge on any atom is -0.490 e. The minimum atomic E-state index is -0.401. The molecule has 1 aromatic carbocycles. The van der Waals surface area contributed by atoms with E-state index in [9.17, 15) is 10.1 Å². The maximum Gasteiger partial charge on any atom is 0.269 e. The highest BCUT2D eigenvalue weighted by Crippen LogP contribution is 2.22. The van der Waals surface area contributed by atoms with E-state index < -0.39 is 4.92 Å². The lowest BCUT2D eigenvalue weighted by molar-refractivity contribution is -0.384. The molecule has 0 radical (unpaired) electrons. The van der Waals surface area contributed by atoms with Crippen molar-refractivity contribution in [1.29, 1.82) is 0 Å². The third-order valence-corrected chi connectivity index (χ3v) is 3.75. The molecule has 108 valence electrons. The fourth-order valence-corrected chi connectivity index (χ4v) is 2.51. The van der Waals surface area contributed by atoms with E-state index in [0.29, 0.717) is 11.9 Å². The first-order valence-corrected chi connectivity index (χ1v) is 6.96. The second kappa shape index (κ2) is 5.76. The van der Waals surface area contributed by atoms with Gasteiger partial charge in [0, 0.05) is 31.8 Å². The third kappa shape index (κ3) is 3.46. The van der Waals surface area contributed by atoms with Crippen molar-refractivity contribution >= 4 is 5.69 Å². The summed E-state index contributed by atoms with van der Waals surface area (Å²) >= 11 is 0. The number of epoxide rings is 1. The number of hydrogen-bond acceptors (Lipinski definition) is 5. The zero-order valence-electron chi connectivity index (χ0n) is 11.2. The van der Waals surface area contributed by atoms with Crippen LogP contribution in [0.4, 0.5) is 5.69 Å². The Morgan fingerprint density at radius 2 is 1.95 bits per heavy atom. The molecular formula is C14H18N2O4. The largest absolute Gasteiger partial charge is 0.490 e. The molecule has 2 heterocycles. The molecule has 2 fully saturated rings. The Labute approximate surface area is 117 Å². The van der Waals surface area contributed by atoms with Gasteiger partial charge in [-0.2, -0.15) is 0 Å². The molecule has 0 saturated carbocycles. The highest BCUT2D eigenvalue weighted by Gasteiger charge is 2.28. The van der Waals surface area contributed by atoms with Crippen molar-refractivity contribution in [3.8, 4) is 5.75 Å². The molecule has 3 rings (SSSR count). The van der Waals surface area contributed by atoms with Crippen LogP contribution in [0.3, 0.4) is 0 Å². The van der Waals surface area contributed by atoms with Gasteiger partial charge in [0.2, 0.25) is 0 Å². The van der Waals surface area contributed by atoms with Crippen molar-refractivity contribution in [3.63, 3.8) is 0 Å². The normalized spacial score (nSPS) is 23.5. The van der Waals surface area contributed by atoms with Crippen LogP contribution >= 0.6 is 0 Å². The van der Waals surface area contributed by atoms with Crippen molar-refractivity contribution in [2.75, 3.05) is 26.2 Å². The molecule has 1 atom stereocenters. The van der Waals surface area contributed by atoms with E-state index in [1.54, 1.807) is 12.1 Å². The van der Waals surface area contributed by atoms with Gasteiger partial charge in [-0.05, 0) is 25.0 Å². The zero-order chi connectivity index (χ0) is 13.9. The van der Waals surface area contributed by atoms with Crippen LogP contribution in [0.2, 0.25) is 0 Å². The highest BCUT2D eigenvalue weighted by atomic mass is 16.6. The average Bonchev–Trinajstić information content (AvgIpc) is 3.26. The third-order valence-electron chi connectivity index (χ3n) is 3.75. The second-order valence-corrected chi connectivity index (χ2v) is 5.32. The minimum absolute atomic E-state index is 0.0941. The number of nitro benzene ring substituents is 1. The number of non-ortho nitro benzene ring substituents is 1. The Morgan fingerprint density at radius 3 is 2.50 bits per heavy atom. The van der Waals surface area contributed by atoms with E-state index in [2.05, 4.69) is 4.90 Å². The Balaban J connectivity index is 1.47. The molecule has 6 nitrogen and oxygen atoms in total. The van der Waals surface area contributed by atoms with Gasteiger partial charge in [0.15, 0.2) is 0 Å². The topological polar surface area (TPSA) is 68.1 Å². The lowest BCUT2D eigenvalue weighted by Gasteiger charge is -2.31. The SMILES string of the molecule is O=[N+]([O-])c1ccc(OC2CCN(CC3CO3)CC2)cc1. The van der Waals surface area contributed by atoms with Crippen molar-refractivity contribution in [2.45, 2.75) is 25.0 Å². The number of likely N-dealkylation sites (tertiary alicyclic amines) is 1. The lowest BCUT2D eigenvalue weighted by Crippen LogP contribution is -2.40. The monoisotopic (exact) mass is 278 g/mol. The summed E-state index contributed by atoms with van der Waals surface area (Å²) in [7, 11) is 0. The average molecular weight is 278 g/mol. The fourth-order valence-electron chi connectivity index (χ4n) is 2.51. The molecular weight excluding hydrogens is 260 g/mol. The maximum atomic E-state index is 10.6. The van der Waals surface area contributed by atoms with E-state index in [1.165, 1.54) is 12.1 Å². The Bertz CT molecular complexity index is 465. The Morgan fingerprint density at radius 1 is 1.30 bits per heavy atom. The summed E-state index contributed by atoms with van der Waals surface area (Å²) in [5.41, 5.74) is 0.0941. The van der Waals surface area contributed by atoms with Crippen LogP contribution in [0.5, 0.6) is 5.75 Å². The molecule has 2 aliphatic rings. The number of hydrogen-bond donors (Lipinski definition) is 0. The van der Waals surface area contributed by atoms with Crippen LogP contribution in [-0.4, -0.2) is 48.3 Å². The van der Waals surface area contributed by atoms with Gasteiger partial charge in [0.1, 0.15) is 11.9 Å². The van der Waals surface area contributed by atoms with Crippen LogP contribution in [0, 0.1) is 10.1 Å². The summed E-state index contributed by atoms with van der Waals surface area (Å²) in [6, 6.07) is 6.30. The molecule has 0 amide bonds. The van der Waals surface area contributed by atoms with Crippen LogP contribution in [-0.2, 0) is 4.74 Å². The second-order valence-electron chi connectivity index (χ2n) is 5.32. The predicted octanol–water partition coefficient (Wildman–Crippen LogP) is 1.84. The van der Waals surface area contributed by atoms with Gasteiger partial charge in [0.25, 0.3) is 5.69 Å². The van der Waals surface area contributed by atoms with Gasteiger partial charge >= 0.3 is 0 Å². The van der Waals surface area contributed by atoms with Gasteiger partial charge in [-0.1, -0.05) is 0 Å². The first kappa shape index (κ1) is 13.3. The van der Waals surface area contributed by atoms with E-state index in [-0.39, 0.29) is 11.8 Å². The number of nitro groups is 1. The number of nitrogens with zero attached hydrogens (tertiary/aromatic N) is 2. The molecule has 2 aliphatic heterocycles. The van der Waals surface area contributed by atoms with Gasteiger partial charge in [-0.3, -0.25) is 10.1 Å². The summed E-state index contributed by atoms with van der Waals surface area (Å²) in [4.78, 5) is 12.6. The van der Waals surface area contributed by atoms with Crippen molar-refractivity contribution in [2.24, 2.45) is 0 Å². The first-order valence-electron chi connectivity index (χ1n) is 6.96. The van der Waals surface area contributed by atoms with E-state index in [0.717, 1.165) is 39.1 Å². The van der Waals surface area contributed by atoms with Crippen LogP contribution < -0.4 is 4.74 Å². The van der Waals surface area contributed by atoms with Crippen LogP contribution in [0.25, 0.3) is 0 Å². The number of ether oxygens (including phenoxy) is 2. The van der Waals surface area contributed by atoms with Gasteiger partial charge < -0.3 is 14.4 Å². The van der Waals surface area contributed by atoms with Gasteiger partial charge in [-0.25, -0.2) is 0 Å². The van der Waals surface area contributed by atoms with E-state index in [4.69, 9.17) is 9.47 Å².